The Labute approximate surface area is 128 Å². The predicted molar refractivity (Wildman–Crippen MR) is 91.6 cm³/mol. The number of nitrogens with zero attached hydrogens (tertiary/aromatic N) is 1. The molecule has 5 rings (SSSR count). The minimum atomic E-state index is 1.03. The molecule has 0 aliphatic heterocycles. The Bertz CT molecular complexity index is 987. The normalized spacial score (nSPS) is 11.6. The lowest BCUT2D eigenvalue weighted by molar-refractivity contribution is 1.33. The van der Waals surface area contributed by atoms with Crippen LogP contribution < -0.4 is 0 Å². The lowest BCUT2D eigenvalue weighted by Crippen LogP contribution is -1.85. The van der Waals surface area contributed by atoms with Crippen molar-refractivity contribution >= 4 is 10.8 Å². The third-order valence-electron chi connectivity index (χ3n) is 4.49. The smallest absolute Gasteiger partial charge is 0.0708 e. The van der Waals surface area contributed by atoms with Gasteiger partial charge in [0.2, 0.25) is 0 Å². The zero-order valence-corrected chi connectivity index (χ0v) is 12.0. The molecule has 1 aromatic heterocycles. The summed E-state index contributed by atoms with van der Waals surface area (Å²) in [5.74, 6) is 0. The Kier molecular flexibility index (Phi) is 2.28. The average Bonchev–Trinajstić information content (AvgIpc) is 2.93. The summed E-state index contributed by atoms with van der Waals surface area (Å²) in [6.07, 6.45) is 1.85. The van der Waals surface area contributed by atoms with Crippen LogP contribution in [0.2, 0.25) is 0 Å². The Morgan fingerprint density at radius 2 is 1.18 bits per heavy atom. The molecule has 1 nitrogen and oxygen atoms in total. The van der Waals surface area contributed by atoms with E-state index in [1.54, 1.807) is 0 Å². The highest BCUT2D eigenvalue weighted by Gasteiger charge is 2.21. The summed E-state index contributed by atoms with van der Waals surface area (Å²) < 4.78 is 0. The lowest BCUT2D eigenvalue weighted by atomic mass is 9.97. The van der Waals surface area contributed by atoms with Crippen molar-refractivity contribution in [3.05, 3.63) is 79.0 Å². The minimum absolute atomic E-state index is 1.03. The van der Waals surface area contributed by atoms with Crippen molar-refractivity contribution in [3.63, 3.8) is 0 Å². The van der Waals surface area contributed by atoms with Crippen molar-refractivity contribution < 1.29 is 0 Å². The van der Waals surface area contributed by atoms with Gasteiger partial charge in [-0.3, -0.25) is 4.98 Å². The van der Waals surface area contributed by atoms with Crippen LogP contribution in [0, 0.1) is 0 Å². The van der Waals surface area contributed by atoms with Crippen LogP contribution in [0.3, 0.4) is 0 Å². The van der Waals surface area contributed by atoms with E-state index in [0.29, 0.717) is 0 Å². The van der Waals surface area contributed by atoms with Crippen LogP contribution in [0.4, 0.5) is 0 Å². The predicted octanol–water partition coefficient (Wildman–Crippen LogP) is 5.55. The van der Waals surface area contributed by atoms with Gasteiger partial charge >= 0.3 is 0 Å². The zero-order valence-electron chi connectivity index (χ0n) is 12.0. The standard InChI is InChI=1S/C21H13N/c1-2-7-15-14(6-1)17-8-5-9-18-16(11-12-19(15)21(17)18)20-10-3-4-13-22-20/h1-13H. The summed E-state index contributed by atoms with van der Waals surface area (Å²) in [5.41, 5.74) is 7.57. The fourth-order valence-electron chi connectivity index (χ4n) is 3.55. The van der Waals surface area contributed by atoms with Crippen molar-refractivity contribution in [1.82, 2.24) is 4.98 Å². The van der Waals surface area contributed by atoms with Gasteiger partial charge in [-0.25, -0.2) is 0 Å². The van der Waals surface area contributed by atoms with Gasteiger partial charge in [-0.2, -0.15) is 0 Å². The number of hydrogen-bond acceptors (Lipinski definition) is 1. The first kappa shape index (κ1) is 11.7. The molecule has 0 N–H and O–H groups in total. The molecule has 1 aliphatic rings. The molecule has 0 radical (unpaired) electrons. The number of hydrogen-bond donors (Lipinski definition) is 0. The van der Waals surface area contributed by atoms with E-state index in [0.717, 1.165) is 5.69 Å². The number of fused-ring (bicyclic) bond motifs is 3. The summed E-state index contributed by atoms with van der Waals surface area (Å²) in [4.78, 5) is 4.53. The summed E-state index contributed by atoms with van der Waals surface area (Å²) in [6, 6.07) is 25.7. The summed E-state index contributed by atoms with van der Waals surface area (Å²) in [6.45, 7) is 0. The fourth-order valence-corrected chi connectivity index (χ4v) is 3.55. The second-order valence-electron chi connectivity index (χ2n) is 5.65. The molecule has 4 aromatic rings. The van der Waals surface area contributed by atoms with Gasteiger partial charge in [0.25, 0.3) is 0 Å². The molecule has 0 amide bonds. The second kappa shape index (κ2) is 4.28. The van der Waals surface area contributed by atoms with E-state index < -0.39 is 0 Å². The molecule has 0 bridgehead atoms. The molecule has 1 heterocycles. The van der Waals surface area contributed by atoms with Gasteiger partial charge in [0.05, 0.1) is 5.69 Å². The third kappa shape index (κ3) is 1.45. The van der Waals surface area contributed by atoms with Gasteiger partial charge < -0.3 is 0 Å². The van der Waals surface area contributed by atoms with Crippen LogP contribution in [-0.4, -0.2) is 4.98 Å². The van der Waals surface area contributed by atoms with Crippen molar-refractivity contribution in [1.29, 1.82) is 0 Å². The number of rotatable bonds is 1. The highest BCUT2D eigenvalue weighted by atomic mass is 14.7. The molecule has 3 aromatic carbocycles. The first-order valence-corrected chi connectivity index (χ1v) is 7.50. The third-order valence-corrected chi connectivity index (χ3v) is 4.49. The second-order valence-corrected chi connectivity index (χ2v) is 5.65. The van der Waals surface area contributed by atoms with Gasteiger partial charge in [0, 0.05) is 11.8 Å². The molecule has 102 valence electrons. The van der Waals surface area contributed by atoms with Crippen molar-refractivity contribution in [2.24, 2.45) is 0 Å². The van der Waals surface area contributed by atoms with Crippen molar-refractivity contribution in [2.75, 3.05) is 0 Å². The Balaban J connectivity index is 1.92. The molecular formula is C21H13N. The number of aromatic nitrogens is 1. The van der Waals surface area contributed by atoms with Gasteiger partial charge in [-0.15, -0.1) is 0 Å². The molecule has 0 saturated carbocycles. The maximum atomic E-state index is 4.53. The highest BCUT2D eigenvalue weighted by molar-refractivity contribution is 6.18. The minimum Gasteiger partial charge on any atom is -0.256 e. The Morgan fingerprint density at radius 3 is 1.95 bits per heavy atom. The summed E-state index contributed by atoms with van der Waals surface area (Å²) in [5, 5.41) is 2.64. The number of benzene rings is 3. The van der Waals surface area contributed by atoms with Crippen LogP contribution in [0.15, 0.2) is 79.0 Å². The molecular weight excluding hydrogens is 266 g/mol. The molecule has 22 heavy (non-hydrogen) atoms. The maximum absolute atomic E-state index is 4.53. The number of pyridine rings is 1. The fraction of sp³-hybridized carbons (Fsp3) is 0. The average molecular weight is 279 g/mol. The SMILES string of the molecule is c1ccc(-c2ccc3c4c(cccc24)-c2ccccc2-3)nc1. The molecule has 1 aliphatic carbocycles. The van der Waals surface area contributed by atoms with E-state index in [-0.39, 0.29) is 0 Å². The van der Waals surface area contributed by atoms with Crippen LogP contribution in [-0.2, 0) is 0 Å². The van der Waals surface area contributed by atoms with E-state index in [1.807, 2.05) is 18.3 Å². The van der Waals surface area contributed by atoms with Crippen molar-refractivity contribution in [2.45, 2.75) is 0 Å². The van der Waals surface area contributed by atoms with Crippen LogP contribution in [0.25, 0.3) is 44.3 Å². The molecule has 0 unspecified atom stereocenters. The van der Waals surface area contributed by atoms with Crippen LogP contribution in [0.5, 0.6) is 0 Å². The lowest BCUT2D eigenvalue weighted by Gasteiger charge is -2.08. The zero-order chi connectivity index (χ0) is 14.5. The van der Waals surface area contributed by atoms with E-state index in [9.17, 15) is 0 Å². The van der Waals surface area contributed by atoms with E-state index in [4.69, 9.17) is 0 Å². The molecule has 0 fully saturated rings. The van der Waals surface area contributed by atoms with Gasteiger partial charge in [-0.05, 0) is 45.2 Å². The summed E-state index contributed by atoms with van der Waals surface area (Å²) >= 11 is 0. The first-order valence-electron chi connectivity index (χ1n) is 7.50. The Morgan fingerprint density at radius 1 is 0.500 bits per heavy atom. The topological polar surface area (TPSA) is 12.9 Å². The quantitative estimate of drug-likeness (QED) is 0.392. The first-order chi connectivity index (χ1) is 10.9. The van der Waals surface area contributed by atoms with E-state index >= 15 is 0 Å². The largest absolute Gasteiger partial charge is 0.256 e. The van der Waals surface area contributed by atoms with Gasteiger partial charge in [0.1, 0.15) is 0 Å². The molecule has 1 heteroatoms. The van der Waals surface area contributed by atoms with Gasteiger partial charge in [0.15, 0.2) is 0 Å². The molecule has 0 saturated heterocycles. The van der Waals surface area contributed by atoms with E-state index in [2.05, 4.69) is 65.6 Å². The Hall–Kier alpha value is -2.93. The highest BCUT2D eigenvalue weighted by Crippen LogP contribution is 2.48. The van der Waals surface area contributed by atoms with Crippen LogP contribution >= 0.6 is 0 Å². The van der Waals surface area contributed by atoms with Crippen LogP contribution in [0.1, 0.15) is 0 Å². The van der Waals surface area contributed by atoms with E-state index in [1.165, 1.54) is 38.6 Å². The molecule has 0 atom stereocenters. The van der Waals surface area contributed by atoms with Gasteiger partial charge in [-0.1, -0.05) is 60.7 Å². The maximum Gasteiger partial charge on any atom is 0.0708 e. The monoisotopic (exact) mass is 279 g/mol. The molecule has 0 spiro atoms. The van der Waals surface area contributed by atoms with Crippen molar-refractivity contribution in [3.8, 4) is 33.5 Å². The summed E-state index contributed by atoms with van der Waals surface area (Å²) in [7, 11) is 0.